The van der Waals surface area contributed by atoms with Gasteiger partial charge in [-0.1, -0.05) is 68.5 Å². The minimum Gasteiger partial charge on any atom is -0.459 e. The molecule has 0 bridgehead atoms. The zero-order valence-corrected chi connectivity index (χ0v) is 21.4. The Morgan fingerprint density at radius 2 is 1.68 bits per heavy atom. The molecule has 8 nitrogen and oxygen atoms in total. The van der Waals surface area contributed by atoms with Gasteiger partial charge in [0.15, 0.2) is 11.8 Å². The van der Waals surface area contributed by atoms with Gasteiger partial charge in [0.25, 0.3) is 5.70 Å². The molecule has 2 aromatic rings. The highest BCUT2D eigenvalue weighted by molar-refractivity contribution is 6.00. The maximum atomic E-state index is 13.5. The average molecular weight is 506 g/mol. The first-order valence-electron chi connectivity index (χ1n) is 12.8. The number of esters is 1. The van der Waals surface area contributed by atoms with Crippen LogP contribution in [0.3, 0.4) is 0 Å². The molecule has 0 heterocycles. The Kier molecular flexibility index (Phi) is 10.6. The number of hydrogen-bond donors (Lipinski definition) is 2. The van der Waals surface area contributed by atoms with E-state index in [0.717, 1.165) is 24.1 Å². The van der Waals surface area contributed by atoms with Gasteiger partial charge in [0, 0.05) is 18.7 Å². The normalized spacial score (nSPS) is 14.8. The van der Waals surface area contributed by atoms with Crippen molar-refractivity contribution in [1.29, 1.82) is 0 Å². The smallest absolute Gasteiger partial charge is 0.333 e. The van der Waals surface area contributed by atoms with Crippen LogP contribution in [0.1, 0.15) is 51.1 Å². The number of nitrogens with one attached hydrogen (secondary N) is 2. The lowest BCUT2D eigenvalue weighted by Crippen LogP contribution is -2.40. The SMILES string of the molecule is CCC(CC)[C@H](CNCC(=O)C1=C([N+](=O)[O-])CCC=C1)OC(=O)[C@H](Nc1ccccc1)c1ccccc1. The van der Waals surface area contributed by atoms with Gasteiger partial charge >= 0.3 is 5.97 Å². The number of carbonyl (C=O) groups excluding carboxylic acids is 2. The van der Waals surface area contributed by atoms with Gasteiger partial charge in [-0.2, -0.15) is 0 Å². The molecule has 2 aromatic carbocycles. The molecule has 0 radical (unpaired) electrons. The highest BCUT2D eigenvalue weighted by Gasteiger charge is 2.29. The Hall–Kier alpha value is -3.78. The summed E-state index contributed by atoms with van der Waals surface area (Å²) in [5.74, 6) is -0.665. The van der Waals surface area contributed by atoms with Gasteiger partial charge in [-0.3, -0.25) is 14.9 Å². The number of benzene rings is 2. The molecule has 196 valence electrons. The molecule has 0 fully saturated rings. The number of nitrogens with zero attached hydrogens (tertiary/aromatic N) is 1. The third-order valence-electron chi connectivity index (χ3n) is 6.59. The predicted molar refractivity (Wildman–Crippen MR) is 143 cm³/mol. The van der Waals surface area contributed by atoms with Crippen molar-refractivity contribution in [3.8, 4) is 0 Å². The zero-order chi connectivity index (χ0) is 26.6. The van der Waals surface area contributed by atoms with Crippen molar-refractivity contribution in [3.05, 3.63) is 99.8 Å². The monoisotopic (exact) mass is 505 g/mol. The fourth-order valence-electron chi connectivity index (χ4n) is 4.48. The lowest BCUT2D eigenvalue weighted by atomic mass is 9.95. The maximum Gasteiger partial charge on any atom is 0.333 e. The zero-order valence-electron chi connectivity index (χ0n) is 21.4. The van der Waals surface area contributed by atoms with E-state index in [-0.39, 0.29) is 42.5 Å². The quantitative estimate of drug-likeness (QED) is 0.206. The van der Waals surface area contributed by atoms with Gasteiger partial charge in [-0.15, -0.1) is 0 Å². The third-order valence-corrected chi connectivity index (χ3v) is 6.59. The second kappa shape index (κ2) is 14.1. The number of anilines is 1. The number of para-hydroxylation sites is 1. The Bertz CT molecular complexity index is 1110. The third kappa shape index (κ3) is 7.85. The molecule has 2 atom stereocenters. The summed E-state index contributed by atoms with van der Waals surface area (Å²) < 4.78 is 6.06. The Balaban J connectivity index is 1.72. The van der Waals surface area contributed by atoms with Gasteiger partial charge in [0.1, 0.15) is 6.10 Å². The van der Waals surface area contributed by atoms with E-state index in [1.807, 2.05) is 74.5 Å². The van der Waals surface area contributed by atoms with Gasteiger partial charge < -0.3 is 15.4 Å². The highest BCUT2D eigenvalue weighted by Crippen LogP contribution is 2.24. The molecule has 0 spiro atoms. The molecule has 0 saturated heterocycles. The van der Waals surface area contributed by atoms with Crippen molar-refractivity contribution in [2.24, 2.45) is 5.92 Å². The fourth-order valence-corrected chi connectivity index (χ4v) is 4.48. The van der Waals surface area contributed by atoms with Crippen molar-refractivity contribution >= 4 is 17.4 Å². The average Bonchev–Trinajstić information content (AvgIpc) is 2.93. The van der Waals surface area contributed by atoms with Gasteiger partial charge in [-0.05, 0) is 49.0 Å². The van der Waals surface area contributed by atoms with E-state index in [9.17, 15) is 19.7 Å². The number of nitro groups is 1. The Morgan fingerprint density at radius 3 is 2.30 bits per heavy atom. The number of allylic oxidation sites excluding steroid dienone is 3. The number of ketones is 1. The van der Waals surface area contributed by atoms with Crippen LogP contribution >= 0.6 is 0 Å². The molecule has 0 saturated carbocycles. The largest absolute Gasteiger partial charge is 0.459 e. The lowest BCUT2D eigenvalue weighted by molar-refractivity contribution is -0.428. The van der Waals surface area contributed by atoms with Crippen LogP contribution in [0.15, 0.2) is 84.1 Å². The van der Waals surface area contributed by atoms with E-state index in [2.05, 4.69) is 10.6 Å². The second-order valence-electron chi connectivity index (χ2n) is 9.02. The lowest BCUT2D eigenvalue weighted by Gasteiger charge is -2.28. The van der Waals surface area contributed by atoms with Crippen LogP contribution in [0.4, 0.5) is 5.69 Å². The molecule has 8 heteroatoms. The number of hydrogen-bond acceptors (Lipinski definition) is 7. The van der Waals surface area contributed by atoms with Crippen LogP contribution in [0.2, 0.25) is 0 Å². The van der Waals surface area contributed by atoms with Crippen LogP contribution < -0.4 is 10.6 Å². The van der Waals surface area contributed by atoms with Crippen molar-refractivity contribution in [2.75, 3.05) is 18.4 Å². The molecule has 0 amide bonds. The first-order valence-corrected chi connectivity index (χ1v) is 12.8. The van der Waals surface area contributed by atoms with E-state index in [1.165, 1.54) is 6.08 Å². The fraction of sp³-hybridized carbons (Fsp3) is 0.379. The van der Waals surface area contributed by atoms with E-state index in [1.54, 1.807) is 6.08 Å². The molecule has 1 aliphatic carbocycles. The molecular weight excluding hydrogens is 470 g/mol. The summed E-state index contributed by atoms with van der Waals surface area (Å²) in [5, 5.41) is 17.7. The van der Waals surface area contributed by atoms with Crippen LogP contribution in [-0.2, 0) is 14.3 Å². The number of ether oxygens (including phenoxy) is 1. The van der Waals surface area contributed by atoms with E-state index in [0.29, 0.717) is 6.42 Å². The highest BCUT2D eigenvalue weighted by atomic mass is 16.6. The van der Waals surface area contributed by atoms with E-state index in [4.69, 9.17) is 4.74 Å². The van der Waals surface area contributed by atoms with Gasteiger partial charge in [0.2, 0.25) is 0 Å². The van der Waals surface area contributed by atoms with Gasteiger partial charge in [-0.25, -0.2) is 4.79 Å². The van der Waals surface area contributed by atoms with Gasteiger partial charge in [0.05, 0.1) is 17.0 Å². The Labute approximate surface area is 217 Å². The number of rotatable bonds is 14. The van der Waals surface area contributed by atoms with Crippen LogP contribution in [0, 0.1) is 16.0 Å². The van der Waals surface area contributed by atoms with Crippen molar-refractivity contribution in [2.45, 2.75) is 51.7 Å². The summed E-state index contributed by atoms with van der Waals surface area (Å²) in [6.07, 6.45) is 5.23. The number of carbonyl (C=O) groups is 2. The molecular formula is C29H35N3O5. The first-order chi connectivity index (χ1) is 17.9. The van der Waals surface area contributed by atoms with Crippen LogP contribution in [0.5, 0.6) is 0 Å². The molecule has 1 aliphatic rings. The van der Waals surface area contributed by atoms with Crippen LogP contribution in [-0.4, -0.2) is 35.9 Å². The Morgan fingerprint density at radius 1 is 1.03 bits per heavy atom. The summed E-state index contributed by atoms with van der Waals surface area (Å²) in [4.78, 5) is 37.1. The first kappa shape index (κ1) is 27.8. The number of Topliss-reactive ketones (excluding diaryl/α,β-unsaturated/α-hetero) is 1. The maximum absolute atomic E-state index is 13.5. The second-order valence-corrected chi connectivity index (χ2v) is 9.02. The van der Waals surface area contributed by atoms with Crippen molar-refractivity contribution in [1.82, 2.24) is 5.32 Å². The molecule has 3 rings (SSSR count). The predicted octanol–water partition coefficient (Wildman–Crippen LogP) is 5.23. The molecule has 2 N–H and O–H groups in total. The standard InChI is InChI=1S/C29H35N3O5/c1-3-21(4-2)27(20-30-19-26(33)24-17-11-12-18-25(24)32(35)36)37-29(34)28(22-13-7-5-8-14-22)31-23-15-9-6-10-16-23/h5-11,13-17,21,27-28,30-31H,3-4,12,18-20H2,1-2H3/t27-,28+/m0/s1. The van der Waals surface area contributed by atoms with Crippen molar-refractivity contribution < 1.29 is 19.2 Å². The summed E-state index contributed by atoms with van der Waals surface area (Å²) in [7, 11) is 0. The minimum absolute atomic E-state index is 0.0463. The molecule has 0 aromatic heterocycles. The summed E-state index contributed by atoms with van der Waals surface area (Å²) in [6, 6.07) is 18.2. The topological polar surface area (TPSA) is 111 Å². The van der Waals surface area contributed by atoms with E-state index < -0.39 is 23.0 Å². The molecule has 0 aliphatic heterocycles. The summed E-state index contributed by atoms with van der Waals surface area (Å²) in [6.45, 7) is 4.27. The summed E-state index contributed by atoms with van der Waals surface area (Å²) in [5.41, 5.74) is 1.67. The van der Waals surface area contributed by atoms with Crippen molar-refractivity contribution in [3.63, 3.8) is 0 Å². The summed E-state index contributed by atoms with van der Waals surface area (Å²) >= 11 is 0. The molecule has 0 unspecified atom stereocenters. The molecule has 37 heavy (non-hydrogen) atoms. The van der Waals surface area contributed by atoms with Crippen LogP contribution in [0.25, 0.3) is 0 Å². The minimum atomic E-state index is -0.706. The van der Waals surface area contributed by atoms with E-state index >= 15 is 0 Å².